The van der Waals surface area contributed by atoms with Crippen molar-refractivity contribution in [3.8, 4) is 0 Å². The largest absolute Gasteiger partial charge is 0.375 e. The summed E-state index contributed by atoms with van der Waals surface area (Å²) < 4.78 is 15.0. The summed E-state index contributed by atoms with van der Waals surface area (Å²) >= 11 is 1.51. The molecule has 0 spiro atoms. The van der Waals surface area contributed by atoms with Crippen LogP contribution in [0.1, 0.15) is 23.3 Å². The van der Waals surface area contributed by atoms with Crippen molar-refractivity contribution in [1.29, 1.82) is 0 Å². The van der Waals surface area contributed by atoms with Gasteiger partial charge in [-0.05, 0) is 18.4 Å². The molecule has 0 amide bonds. The second-order valence-electron chi connectivity index (χ2n) is 5.27. The maximum Gasteiger partial charge on any atom is 0.180 e. The van der Waals surface area contributed by atoms with E-state index in [2.05, 4.69) is 9.88 Å². The van der Waals surface area contributed by atoms with Gasteiger partial charge in [-0.1, -0.05) is 30.3 Å². The molecule has 3 nitrogen and oxygen atoms in total. The van der Waals surface area contributed by atoms with E-state index >= 15 is 0 Å². The zero-order chi connectivity index (χ0) is 14.0. The number of alkyl halides is 1. The van der Waals surface area contributed by atoms with Crippen LogP contribution in [0.4, 0.5) is 9.52 Å². The fourth-order valence-electron chi connectivity index (χ4n) is 2.71. The molecule has 1 aliphatic rings. The van der Waals surface area contributed by atoms with Crippen LogP contribution in [0.25, 0.3) is 0 Å². The first-order chi connectivity index (χ1) is 9.66. The lowest BCUT2D eigenvalue weighted by molar-refractivity contribution is 0.0530. The molecule has 1 saturated heterocycles. The Labute approximate surface area is 134 Å². The van der Waals surface area contributed by atoms with E-state index in [1.165, 1.54) is 11.3 Å². The van der Waals surface area contributed by atoms with Crippen molar-refractivity contribution in [3.05, 3.63) is 47.0 Å². The van der Waals surface area contributed by atoms with Crippen molar-refractivity contribution in [2.75, 3.05) is 18.8 Å². The van der Waals surface area contributed by atoms with Gasteiger partial charge in [-0.25, -0.2) is 9.37 Å². The number of likely N-dealkylation sites (tertiary alicyclic amines) is 1. The number of nitrogen functional groups attached to an aromatic ring is 1. The van der Waals surface area contributed by atoms with Crippen LogP contribution >= 0.6 is 23.7 Å². The number of anilines is 1. The summed E-state index contributed by atoms with van der Waals surface area (Å²) in [5.74, 6) is 0. The highest BCUT2D eigenvalue weighted by Gasteiger charge is 2.36. The number of hydrogen-bond acceptors (Lipinski definition) is 4. The molecule has 1 aromatic carbocycles. The minimum absolute atomic E-state index is 0. The maximum atomic E-state index is 15.0. The fraction of sp³-hybridized carbons (Fsp3) is 0.400. The summed E-state index contributed by atoms with van der Waals surface area (Å²) in [6, 6.07) is 9.52. The van der Waals surface area contributed by atoms with E-state index in [0.717, 1.165) is 30.1 Å². The number of rotatable bonds is 3. The van der Waals surface area contributed by atoms with Gasteiger partial charge in [-0.3, -0.25) is 4.90 Å². The number of benzene rings is 1. The first kappa shape index (κ1) is 16.2. The van der Waals surface area contributed by atoms with E-state index in [1.807, 2.05) is 36.5 Å². The van der Waals surface area contributed by atoms with Crippen molar-refractivity contribution in [2.24, 2.45) is 0 Å². The lowest BCUT2D eigenvalue weighted by Crippen LogP contribution is -2.39. The van der Waals surface area contributed by atoms with Gasteiger partial charge in [0.1, 0.15) is 5.67 Å². The molecule has 2 aromatic rings. The molecule has 0 bridgehead atoms. The van der Waals surface area contributed by atoms with Gasteiger partial charge in [-0.2, -0.15) is 0 Å². The Morgan fingerprint density at radius 2 is 1.90 bits per heavy atom. The predicted molar refractivity (Wildman–Crippen MR) is 87.5 cm³/mol. The molecule has 1 fully saturated rings. The Hall–Kier alpha value is -1.17. The van der Waals surface area contributed by atoms with Crippen LogP contribution in [0.3, 0.4) is 0 Å². The average Bonchev–Trinajstić information content (AvgIpc) is 2.88. The molecule has 114 valence electrons. The highest BCUT2D eigenvalue weighted by Crippen LogP contribution is 2.37. The second-order valence-corrected chi connectivity index (χ2v) is 6.42. The zero-order valence-corrected chi connectivity index (χ0v) is 13.3. The third-order valence-corrected chi connectivity index (χ3v) is 4.70. The van der Waals surface area contributed by atoms with Gasteiger partial charge >= 0.3 is 0 Å². The van der Waals surface area contributed by atoms with E-state index in [0.29, 0.717) is 18.0 Å². The molecule has 2 N–H and O–H groups in total. The minimum atomic E-state index is -1.18. The molecule has 21 heavy (non-hydrogen) atoms. The molecule has 0 atom stereocenters. The Balaban J connectivity index is 0.00000161. The van der Waals surface area contributed by atoms with Gasteiger partial charge in [-0.15, -0.1) is 23.7 Å². The Morgan fingerprint density at radius 1 is 1.24 bits per heavy atom. The van der Waals surface area contributed by atoms with E-state index in [4.69, 9.17) is 5.73 Å². The lowest BCUT2D eigenvalue weighted by Gasteiger charge is -2.36. The molecular weight excluding hydrogens is 309 g/mol. The number of hydrogen-bond donors (Lipinski definition) is 1. The first-order valence-electron chi connectivity index (χ1n) is 6.83. The fourth-order valence-corrected chi connectivity index (χ4v) is 3.43. The van der Waals surface area contributed by atoms with Crippen LogP contribution in [0.15, 0.2) is 36.5 Å². The quantitative estimate of drug-likeness (QED) is 0.936. The smallest absolute Gasteiger partial charge is 0.180 e. The SMILES string of the molecule is Cl.Nc1ncc(CN2CCC(F)(c3ccccc3)CC2)s1. The van der Waals surface area contributed by atoms with Gasteiger partial charge in [0, 0.05) is 30.7 Å². The molecule has 2 heterocycles. The van der Waals surface area contributed by atoms with E-state index in [1.54, 1.807) is 0 Å². The number of aromatic nitrogens is 1. The maximum absolute atomic E-state index is 15.0. The van der Waals surface area contributed by atoms with Gasteiger partial charge in [0.05, 0.1) is 0 Å². The van der Waals surface area contributed by atoms with Crippen LogP contribution in [-0.2, 0) is 12.2 Å². The number of halogens is 2. The first-order valence-corrected chi connectivity index (χ1v) is 7.64. The van der Waals surface area contributed by atoms with Crippen molar-refractivity contribution in [1.82, 2.24) is 9.88 Å². The molecule has 0 unspecified atom stereocenters. The van der Waals surface area contributed by atoms with Gasteiger partial charge < -0.3 is 5.73 Å². The number of thiazole rings is 1. The molecule has 6 heteroatoms. The molecule has 0 saturated carbocycles. The van der Waals surface area contributed by atoms with Crippen molar-refractivity contribution < 1.29 is 4.39 Å². The van der Waals surface area contributed by atoms with Crippen LogP contribution in [0.2, 0.25) is 0 Å². The van der Waals surface area contributed by atoms with Gasteiger partial charge in [0.2, 0.25) is 0 Å². The topological polar surface area (TPSA) is 42.1 Å². The zero-order valence-electron chi connectivity index (χ0n) is 11.7. The highest BCUT2D eigenvalue weighted by atomic mass is 35.5. The Bertz CT molecular complexity index is 567. The molecular formula is C15H19ClFN3S. The summed E-state index contributed by atoms with van der Waals surface area (Å²) in [6.07, 6.45) is 2.91. The predicted octanol–water partition coefficient (Wildman–Crippen LogP) is 3.61. The number of nitrogens with zero attached hydrogens (tertiary/aromatic N) is 2. The van der Waals surface area contributed by atoms with E-state index in [9.17, 15) is 4.39 Å². The third kappa shape index (κ3) is 3.73. The second kappa shape index (κ2) is 6.73. The van der Waals surface area contributed by atoms with Crippen LogP contribution in [0.5, 0.6) is 0 Å². The molecule has 3 rings (SSSR count). The summed E-state index contributed by atoms with van der Waals surface area (Å²) in [7, 11) is 0. The van der Waals surface area contributed by atoms with Gasteiger partial charge in [0.25, 0.3) is 0 Å². The Kier molecular flexibility index (Phi) is 5.19. The van der Waals surface area contributed by atoms with Crippen LogP contribution in [-0.4, -0.2) is 23.0 Å². The minimum Gasteiger partial charge on any atom is -0.375 e. The number of piperidine rings is 1. The average molecular weight is 328 g/mol. The monoisotopic (exact) mass is 327 g/mol. The van der Waals surface area contributed by atoms with Gasteiger partial charge in [0.15, 0.2) is 5.13 Å². The third-order valence-electron chi connectivity index (χ3n) is 3.89. The van der Waals surface area contributed by atoms with Crippen molar-refractivity contribution in [2.45, 2.75) is 25.1 Å². The Morgan fingerprint density at radius 3 is 2.48 bits per heavy atom. The summed E-state index contributed by atoms with van der Waals surface area (Å²) in [6.45, 7) is 2.35. The lowest BCUT2D eigenvalue weighted by atomic mass is 9.86. The molecule has 1 aliphatic heterocycles. The van der Waals surface area contributed by atoms with Crippen LogP contribution in [0, 0.1) is 0 Å². The number of nitrogens with two attached hydrogens (primary N) is 1. The molecule has 0 radical (unpaired) electrons. The summed E-state index contributed by atoms with van der Waals surface area (Å²) in [5, 5.41) is 0.598. The highest BCUT2D eigenvalue weighted by molar-refractivity contribution is 7.15. The molecule has 0 aliphatic carbocycles. The van der Waals surface area contributed by atoms with Crippen molar-refractivity contribution in [3.63, 3.8) is 0 Å². The summed E-state index contributed by atoms with van der Waals surface area (Å²) in [5.41, 5.74) is 5.26. The van der Waals surface area contributed by atoms with E-state index in [-0.39, 0.29) is 12.4 Å². The van der Waals surface area contributed by atoms with Crippen molar-refractivity contribution >= 4 is 28.9 Å². The standard InChI is InChI=1S/C15H18FN3S.ClH/c16-15(12-4-2-1-3-5-12)6-8-19(9-7-15)11-13-10-18-14(17)20-13;/h1-5,10H,6-9,11H2,(H2,17,18);1H. The molecule has 1 aromatic heterocycles. The van der Waals surface area contributed by atoms with Crippen LogP contribution < -0.4 is 5.73 Å². The normalized spacial score (nSPS) is 18.1. The van der Waals surface area contributed by atoms with E-state index < -0.39 is 5.67 Å². The summed E-state index contributed by atoms with van der Waals surface area (Å²) in [4.78, 5) is 7.47.